The van der Waals surface area contributed by atoms with Gasteiger partial charge in [-0.1, -0.05) is 34.1 Å². The molecule has 0 aliphatic carbocycles. The molecule has 16 heteroatoms. The molecule has 1 aliphatic rings. The summed E-state index contributed by atoms with van der Waals surface area (Å²) in [5, 5.41) is 32.2. The lowest BCUT2D eigenvalue weighted by Crippen LogP contribution is -2.59. The second-order valence-corrected chi connectivity index (χ2v) is 11.6. The van der Waals surface area contributed by atoms with Gasteiger partial charge in [0, 0.05) is 13.0 Å². The van der Waals surface area contributed by atoms with E-state index in [-0.39, 0.29) is 55.9 Å². The Morgan fingerprint density at radius 1 is 0.886 bits per heavy atom. The minimum atomic E-state index is -1.40. The van der Waals surface area contributed by atoms with Crippen LogP contribution in [0.2, 0.25) is 0 Å². The molecule has 1 fully saturated rings. The number of carbonyl (C=O) groups excluding carboxylic acids is 4. The van der Waals surface area contributed by atoms with Crippen LogP contribution < -0.4 is 38.1 Å². The number of aliphatic carboxylic acids is 2. The molecule has 4 amide bonds. The summed E-state index contributed by atoms with van der Waals surface area (Å²) < 4.78 is 0. The van der Waals surface area contributed by atoms with Crippen molar-refractivity contribution in [2.24, 2.45) is 28.3 Å². The van der Waals surface area contributed by atoms with Crippen LogP contribution >= 0.6 is 0 Å². The summed E-state index contributed by atoms with van der Waals surface area (Å²) >= 11 is 0. The lowest BCUT2D eigenvalue weighted by Gasteiger charge is -2.29. The quantitative estimate of drug-likeness (QED) is 0.0439. The van der Waals surface area contributed by atoms with Crippen LogP contribution in [0.3, 0.4) is 0 Å². The Labute approximate surface area is 257 Å². The van der Waals surface area contributed by atoms with Crippen LogP contribution in [0.25, 0.3) is 0 Å². The predicted octanol–water partition coefficient (Wildman–Crippen LogP) is -1.23. The number of hydrogen-bond acceptors (Lipinski definition) is 8. The highest BCUT2D eigenvalue weighted by Gasteiger charge is 2.34. The topological polar surface area (TPSA) is 267 Å². The molecule has 0 aromatic heterocycles. The molecule has 0 spiro atoms. The van der Waals surface area contributed by atoms with E-state index >= 15 is 0 Å². The molecular weight excluding hydrogens is 576 g/mol. The molecule has 16 nitrogen and oxygen atoms in total. The summed E-state index contributed by atoms with van der Waals surface area (Å²) in [5.41, 5.74) is 10.5. The number of nitrogens with two attached hydrogens (primary N) is 2. The van der Waals surface area contributed by atoms with Crippen molar-refractivity contribution in [1.29, 1.82) is 0 Å². The Hall–Kier alpha value is -3.95. The second-order valence-electron chi connectivity index (χ2n) is 11.6. The first kappa shape index (κ1) is 38.1. The van der Waals surface area contributed by atoms with Crippen LogP contribution in [-0.4, -0.2) is 95.0 Å². The molecule has 0 aromatic rings. The molecule has 11 N–H and O–H groups in total. The monoisotopic (exact) mass is 626 g/mol. The van der Waals surface area contributed by atoms with Gasteiger partial charge in [0.25, 0.3) is 0 Å². The van der Waals surface area contributed by atoms with E-state index in [2.05, 4.69) is 31.6 Å². The molecule has 44 heavy (non-hydrogen) atoms. The maximum atomic E-state index is 13.5. The maximum absolute atomic E-state index is 13.5. The van der Waals surface area contributed by atoms with Crippen molar-refractivity contribution in [3.05, 3.63) is 0 Å². The Bertz CT molecular complexity index is 1030. The standard InChI is InChI=1S/C28H50N8O8/c1-5-16(4)22(36-23(39)17-8-6-12-31-17)26(42)35-20(14-15(2)3)25(41)33-18(10-11-21(37)38)24(40)34-19(27(43)44)9-7-13-32-28(29)30/h15-20,22,31H,5-14H2,1-4H3,(H,33,41)(H,34,40)(H,35,42)(H,36,39)(H,37,38)(H,43,44)(H4,29,30,32)/t16-,17-,18-,19-,20-,22-/m0/s1. The second kappa shape index (κ2) is 19.4. The number of aliphatic imine (C=N–C) groups is 1. The van der Waals surface area contributed by atoms with Crippen LogP contribution in [0.1, 0.15) is 79.1 Å². The molecule has 0 unspecified atom stereocenters. The highest BCUT2D eigenvalue weighted by atomic mass is 16.4. The number of carbonyl (C=O) groups is 6. The number of amides is 4. The molecule has 0 radical (unpaired) electrons. The van der Waals surface area contributed by atoms with E-state index in [1.165, 1.54) is 0 Å². The van der Waals surface area contributed by atoms with Crippen molar-refractivity contribution in [1.82, 2.24) is 26.6 Å². The van der Waals surface area contributed by atoms with Crippen LogP contribution in [0.5, 0.6) is 0 Å². The number of rotatable bonds is 20. The molecule has 1 saturated heterocycles. The van der Waals surface area contributed by atoms with Gasteiger partial charge in [-0.2, -0.15) is 0 Å². The predicted molar refractivity (Wildman–Crippen MR) is 162 cm³/mol. The fraction of sp³-hybridized carbons (Fsp3) is 0.750. The van der Waals surface area contributed by atoms with Crippen molar-refractivity contribution in [2.75, 3.05) is 13.1 Å². The van der Waals surface area contributed by atoms with E-state index in [1.807, 2.05) is 27.7 Å². The minimum absolute atomic E-state index is 0.0252. The summed E-state index contributed by atoms with van der Waals surface area (Å²) in [4.78, 5) is 79.6. The van der Waals surface area contributed by atoms with E-state index in [0.717, 1.165) is 6.42 Å². The van der Waals surface area contributed by atoms with Gasteiger partial charge in [0.2, 0.25) is 23.6 Å². The van der Waals surface area contributed by atoms with Gasteiger partial charge in [-0.3, -0.25) is 29.0 Å². The largest absolute Gasteiger partial charge is 0.481 e. The van der Waals surface area contributed by atoms with Crippen molar-refractivity contribution < 1.29 is 39.0 Å². The first-order valence-electron chi connectivity index (χ1n) is 15.1. The minimum Gasteiger partial charge on any atom is -0.481 e. The van der Waals surface area contributed by atoms with E-state index < -0.39 is 66.3 Å². The maximum Gasteiger partial charge on any atom is 0.326 e. The van der Waals surface area contributed by atoms with Crippen LogP contribution in [0.15, 0.2) is 4.99 Å². The zero-order valence-electron chi connectivity index (χ0n) is 26.1. The van der Waals surface area contributed by atoms with Gasteiger partial charge in [0.1, 0.15) is 24.2 Å². The first-order valence-corrected chi connectivity index (χ1v) is 15.1. The average molecular weight is 627 g/mol. The Kier molecular flexibility index (Phi) is 16.7. The Morgan fingerprint density at radius 2 is 1.50 bits per heavy atom. The number of carboxylic acid groups (broad SMARTS) is 2. The van der Waals surface area contributed by atoms with Gasteiger partial charge >= 0.3 is 11.9 Å². The zero-order chi connectivity index (χ0) is 33.4. The Balaban J connectivity index is 3.09. The van der Waals surface area contributed by atoms with Gasteiger partial charge in [0.05, 0.1) is 6.04 Å². The summed E-state index contributed by atoms with van der Waals surface area (Å²) in [6, 6.07) is -5.19. The van der Waals surface area contributed by atoms with Crippen molar-refractivity contribution >= 4 is 41.5 Å². The fourth-order valence-electron chi connectivity index (χ4n) is 4.67. The van der Waals surface area contributed by atoms with Gasteiger partial charge in [-0.15, -0.1) is 0 Å². The number of carboxylic acids is 2. The zero-order valence-corrected chi connectivity index (χ0v) is 26.1. The first-order chi connectivity index (χ1) is 20.7. The van der Waals surface area contributed by atoms with Crippen molar-refractivity contribution in [3.8, 4) is 0 Å². The SMILES string of the molecule is CC[C@H](C)[C@H](NC(=O)[C@@H]1CCCN1)C(=O)N[C@@H](CC(C)C)C(=O)N[C@@H](CCC(=O)O)C(=O)N[C@@H](CCCN=C(N)N)C(=O)O. The molecule has 0 saturated carbocycles. The summed E-state index contributed by atoms with van der Waals surface area (Å²) in [6.45, 7) is 8.19. The summed E-state index contributed by atoms with van der Waals surface area (Å²) in [5.74, 6) is -5.54. The number of nitrogens with zero attached hydrogens (tertiary/aromatic N) is 1. The van der Waals surface area contributed by atoms with Crippen LogP contribution in [0.4, 0.5) is 0 Å². The summed E-state index contributed by atoms with van der Waals surface area (Å²) in [6.07, 6.45) is 1.64. The summed E-state index contributed by atoms with van der Waals surface area (Å²) in [7, 11) is 0. The van der Waals surface area contributed by atoms with E-state index in [0.29, 0.717) is 19.4 Å². The third-order valence-electron chi connectivity index (χ3n) is 7.35. The third kappa shape index (κ3) is 14.0. The molecule has 1 heterocycles. The van der Waals surface area contributed by atoms with E-state index in [9.17, 15) is 39.0 Å². The number of guanidine groups is 1. The molecule has 1 aliphatic heterocycles. The highest BCUT2D eigenvalue weighted by Crippen LogP contribution is 2.13. The molecule has 6 atom stereocenters. The van der Waals surface area contributed by atoms with Crippen molar-refractivity contribution in [2.45, 2.75) is 109 Å². The smallest absolute Gasteiger partial charge is 0.326 e. The van der Waals surface area contributed by atoms with Crippen LogP contribution in [0, 0.1) is 11.8 Å². The molecule has 0 bridgehead atoms. The van der Waals surface area contributed by atoms with Gasteiger partial charge in [-0.25, -0.2) is 4.79 Å². The van der Waals surface area contributed by atoms with Crippen LogP contribution in [-0.2, 0) is 28.8 Å². The van der Waals surface area contributed by atoms with Gasteiger partial charge in [0.15, 0.2) is 5.96 Å². The van der Waals surface area contributed by atoms with Crippen molar-refractivity contribution in [3.63, 3.8) is 0 Å². The number of hydrogen-bond donors (Lipinski definition) is 9. The normalized spacial score (nSPS) is 17.8. The fourth-order valence-corrected chi connectivity index (χ4v) is 4.67. The molecule has 250 valence electrons. The van der Waals surface area contributed by atoms with Gasteiger partial charge < -0.3 is 48.3 Å². The van der Waals surface area contributed by atoms with E-state index in [1.54, 1.807) is 0 Å². The number of nitrogens with one attached hydrogen (secondary N) is 5. The molecule has 1 rings (SSSR count). The highest BCUT2D eigenvalue weighted by molar-refractivity contribution is 5.95. The molecular formula is C28H50N8O8. The lowest BCUT2D eigenvalue weighted by molar-refractivity contribution is -0.143. The molecule has 0 aromatic carbocycles. The average Bonchev–Trinajstić information content (AvgIpc) is 3.49. The lowest BCUT2D eigenvalue weighted by atomic mass is 9.96. The van der Waals surface area contributed by atoms with Gasteiger partial charge in [-0.05, 0) is 56.9 Å². The Morgan fingerprint density at radius 3 is 2.02 bits per heavy atom. The third-order valence-corrected chi connectivity index (χ3v) is 7.35. The van der Waals surface area contributed by atoms with E-state index in [4.69, 9.17) is 11.5 Å².